The summed E-state index contributed by atoms with van der Waals surface area (Å²) in [5.74, 6) is -0.430. The Balaban J connectivity index is 0.922. The SMILES string of the molecule is C[C@H](O)Cn1ncn(-c2ccc(N3CCN(c4ccc(OCC5COC(Cn6cncn6)(c6ccc(Cl)cc6Cl)O5)cc4)CC3)cc2)c1=O. The lowest BCUT2D eigenvalue weighted by Crippen LogP contribution is -2.46. The molecule has 13 nitrogen and oxygen atoms in total. The summed E-state index contributed by atoms with van der Waals surface area (Å²) in [4.78, 5) is 21.4. The van der Waals surface area contributed by atoms with Crippen LogP contribution in [0.1, 0.15) is 12.5 Å². The number of aliphatic hydroxyl groups excluding tert-OH is 1. The number of piperazine rings is 1. The third-order valence-corrected chi connectivity index (χ3v) is 9.17. The molecule has 256 valence electrons. The van der Waals surface area contributed by atoms with Crippen molar-refractivity contribution < 1.29 is 19.3 Å². The number of halogens is 2. The minimum absolute atomic E-state index is 0.156. The number of aliphatic hydroxyl groups is 1. The van der Waals surface area contributed by atoms with Gasteiger partial charge in [-0.25, -0.2) is 23.7 Å². The van der Waals surface area contributed by atoms with Gasteiger partial charge in [-0.2, -0.15) is 10.2 Å². The minimum Gasteiger partial charge on any atom is -0.491 e. The van der Waals surface area contributed by atoms with Gasteiger partial charge in [0.25, 0.3) is 0 Å². The second-order valence-corrected chi connectivity index (χ2v) is 13.0. The number of nitrogens with zero attached hydrogens (tertiary/aromatic N) is 8. The van der Waals surface area contributed by atoms with Crippen molar-refractivity contribution in [3.8, 4) is 11.4 Å². The van der Waals surface area contributed by atoms with E-state index in [-0.39, 0.29) is 24.9 Å². The van der Waals surface area contributed by atoms with E-state index in [2.05, 4.69) is 37.1 Å². The van der Waals surface area contributed by atoms with E-state index in [1.165, 1.54) is 21.9 Å². The quantitative estimate of drug-likeness (QED) is 0.216. The molecule has 3 aromatic carbocycles. The Morgan fingerprint density at radius 3 is 2.24 bits per heavy atom. The summed E-state index contributed by atoms with van der Waals surface area (Å²) < 4.78 is 23.2. The molecule has 2 aliphatic heterocycles. The number of benzene rings is 3. The Morgan fingerprint density at radius 2 is 1.61 bits per heavy atom. The minimum atomic E-state index is -1.17. The van der Waals surface area contributed by atoms with Gasteiger partial charge in [0.05, 0.1) is 30.0 Å². The molecule has 2 aromatic heterocycles. The fourth-order valence-electron chi connectivity index (χ4n) is 6.16. The standard InChI is InChI=1S/C34H36Cl2N8O5/c1-24(45)17-44-33(46)43(23-39-44)28-5-3-26(4-6-28)40-12-14-41(15-13-40)27-7-9-29(10-8-27)47-18-30-19-48-34(49-30,20-42-22-37-21-38-42)31-11-2-25(35)16-32(31)36/h2-11,16,21-24,30,45H,12-15,17-20H2,1H3/t24-,30?,34?/m0/s1. The van der Waals surface area contributed by atoms with Crippen molar-refractivity contribution in [1.82, 2.24) is 29.1 Å². The summed E-state index contributed by atoms with van der Waals surface area (Å²) in [6.07, 6.45) is 3.55. The van der Waals surface area contributed by atoms with Gasteiger partial charge < -0.3 is 29.1 Å². The van der Waals surface area contributed by atoms with E-state index in [9.17, 15) is 9.90 Å². The lowest BCUT2D eigenvalue weighted by Gasteiger charge is -2.37. The maximum Gasteiger partial charge on any atom is 0.350 e. The molecule has 0 aliphatic carbocycles. The average molecular weight is 708 g/mol. The molecular formula is C34H36Cl2N8O5. The Bertz CT molecular complexity index is 1910. The van der Waals surface area contributed by atoms with E-state index in [0.29, 0.717) is 28.8 Å². The zero-order valence-electron chi connectivity index (χ0n) is 26.8. The van der Waals surface area contributed by atoms with Gasteiger partial charge in [0, 0.05) is 48.1 Å². The molecule has 0 saturated carbocycles. The van der Waals surface area contributed by atoms with Crippen LogP contribution in [0.5, 0.6) is 5.75 Å². The molecule has 1 N–H and O–H groups in total. The molecular weight excluding hydrogens is 671 g/mol. The first-order valence-electron chi connectivity index (χ1n) is 16.0. The van der Waals surface area contributed by atoms with E-state index in [1.54, 1.807) is 30.1 Å². The number of anilines is 2. The third kappa shape index (κ3) is 7.31. The largest absolute Gasteiger partial charge is 0.491 e. The molecule has 3 atom stereocenters. The molecule has 2 fully saturated rings. The second-order valence-electron chi connectivity index (χ2n) is 12.1. The van der Waals surface area contributed by atoms with Gasteiger partial charge in [0.1, 0.15) is 44.0 Å². The highest BCUT2D eigenvalue weighted by Gasteiger charge is 2.45. The first-order chi connectivity index (χ1) is 23.8. The maximum atomic E-state index is 12.6. The first kappa shape index (κ1) is 33.1. The van der Waals surface area contributed by atoms with Gasteiger partial charge in [-0.1, -0.05) is 29.3 Å². The van der Waals surface area contributed by atoms with Crippen LogP contribution >= 0.6 is 23.2 Å². The van der Waals surface area contributed by atoms with Crippen LogP contribution in [0.4, 0.5) is 11.4 Å². The molecule has 5 aromatic rings. The third-order valence-electron chi connectivity index (χ3n) is 8.62. The van der Waals surface area contributed by atoms with Crippen LogP contribution in [0.2, 0.25) is 10.0 Å². The number of aromatic nitrogens is 6. The highest BCUT2D eigenvalue weighted by molar-refractivity contribution is 6.35. The van der Waals surface area contributed by atoms with Crippen molar-refractivity contribution in [2.45, 2.75) is 38.0 Å². The zero-order chi connectivity index (χ0) is 34.0. The van der Waals surface area contributed by atoms with Gasteiger partial charge in [-0.3, -0.25) is 0 Å². The molecule has 4 heterocycles. The monoisotopic (exact) mass is 706 g/mol. The number of ether oxygens (including phenoxy) is 3. The molecule has 2 saturated heterocycles. The van der Waals surface area contributed by atoms with Crippen molar-refractivity contribution in [2.75, 3.05) is 49.2 Å². The van der Waals surface area contributed by atoms with E-state index in [4.69, 9.17) is 37.4 Å². The van der Waals surface area contributed by atoms with E-state index >= 15 is 0 Å². The summed E-state index contributed by atoms with van der Waals surface area (Å²) in [5.41, 5.74) is 3.34. The number of rotatable bonds is 11. The van der Waals surface area contributed by atoms with Crippen molar-refractivity contribution in [2.24, 2.45) is 0 Å². The van der Waals surface area contributed by atoms with Crippen LogP contribution in [0.3, 0.4) is 0 Å². The molecule has 0 amide bonds. The Labute approximate surface area is 292 Å². The normalized spacial score (nSPS) is 20.1. The van der Waals surface area contributed by atoms with E-state index in [0.717, 1.165) is 49.0 Å². The summed E-state index contributed by atoms with van der Waals surface area (Å²) in [6.45, 7) is 6.09. The van der Waals surface area contributed by atoms with Gasteiger partial charge in [0.2, 0.25) is 5.79 Å². The van der Waals surface area contributed by atoms with Gasteiger partial charge in [-0.15, -0.1) is 0 Å². The molecule has 49 heavy (non-hydrogen) atoms. The summed E-state index contributed by atoms with van der Waals surface area (Å²) >= 11 is 12.7. The van der Waals surface area contributed by atoms with Crippen LogP contribution in [-0.4, -0.2) is 85.8 Å². The molecule has 7 rings (SSSR count). The smallest absolute Gasteiger partial charge is 0.350 e. The Kier molecular flexibility index (Phi) is 9.61. The zero-order valence-corrected chi connectivity index (χ0v) is 28.3. The van der Waals surface area contributed by atoms with Gasteiger partial charge in [0.15, 0.2) is 0 Å². The molecule has 15 heteroatoms. The van der Waals surface area contributed by atoms with Crippen LogP contribution < -0.4 is 20.2 Å². The van der Waals surface area contributed by atoms with E-state index < -0.39 is 11.9 Å². The van der Waals surface area contributed by atoms with Crippen LogP contribution in [0.25, 0.3) is 5.69 Å². The maximum absolute atomic E-state index is 12.6. The molecule has 2 aliphatic rings. The fourth-order valence-corrected chi connectivity index (χ4v) is 6.71. The lowest BCUT2D eigenvalue weighted by molar-refractivity contribution is -0.190. The average Bonchev–Trinajstić information content (AvgIpc) is 3.86. The molecule has 0 spiro atoms. The van der Waals surface area contributed by atoms with Crippen LogP contribution in [-0.2, 0) is 28.4 Å². The molecule has 2 unspecified atom stereocenters. The lowest BCUT2D eigenvalue weighted by atomic mass is 10.1. The highest BCUT2D eigenvalue weighted by atomic mass is 35.5. The predicted molar refractivity (Wildman–Crippen MR) is 185 cm³/mol. The Morgan fingerprint density at radius 1 is 0.939 bits per heavy atom. The summed E-state index contributed by atoms with van der Waals surface area (Å²) in [6, 6.07) is 21.2. The van der Waals surface area contributed by atoms with Crippen molar-refractivity contribution >= 4 is 34.6 Å². The van der Waals surface area contributed by atoms with Crippen molar-refractivity contribution in [1.29, 1.82) is 0 Å². The molecule has 0 bridgehead atoms. The van der Waals surface area contributed by atoms with Crippen LogP contribution in [0, 0.1) is 0 Å². The molecule has 0 radical (unpaired) electrons. The summed E-state index contributed by atoms with van der Waals surface area (Å²) in [5, 5.41) is 18.9. The number of hydrogen-bond acceptors (Lipinski definition) is 10. The first-order valence-corrected chi connectivity index (χ1v) is 16.8. The van der Waals surface area contributed by atoms with Crippen molar-refractivity contribution in [3.05, 3.63) is 112 Å². The van der Waals surface area contributed by atoms with Crippen LogP contribution in [0.15, 0.2) is 90.5 Å². The predicted octanol–water partition coefficient (Wildman–Crippen LogP) is 3.99. The second kappa shape index (κ2) is 14.2. The number of hydrogen-bond donors (Lipinski definition) is 1. The highest BCUT2D eigenvalue weighted by Crippen LogP contribution is 2.40. The van der Waals surface area contributed by atoms with Gasteiger partial charge in [-0.05, 0) is 67.6 Å². The topological polar surface area (TPSA) is 125 Å². The fraction of sp³-hybridized carbons (Fsp3) is 0.353. The van der Waals surface area contributed by atoms with E-state index in [1.807, 2.05) is 42.5 Å². The summed E-state index contributed by atoms with van der Waals surface area (Å²) in [7, 11) is 0. The van der Waals surface area contributed by atoms with Gasteiger partial charge >= 0.3 is 5.69 Å². The van der Waals surface area contributed by atoms with Crippen molar-refractivity contribution in [3.63, 3.8) is 0 Å². The Hall–Kier alpha value is -4.40.